The van der Waals surface area contributed by atoms with Gasteiger partial charge in [-0.05, 0) is 37.5 Å². The minimum absolute atomic E-state index is 0.104. The summed E-state index contributed by atoms with van der Waals surface area (Å²) < 4.78 is 63.5. The zero-order valence-electron chi connectivity index (χ0n) is 21.8. The van der Waals surface area contributed by atoms with Gasteiger partial charge in [0, 0.05) is 49.0 Å². The SMILES string of the molecule is COC1(C(F)(F)F)CC2CCC(C1)N2c1nc(-n2cc(-c3cccc(F)c3)c(C)n2)sc1SC(C)C.O=C=O. The minimum atomic E-state index is -4.42. The number of benzene rings is 1. The van der Waals surface area contributed by atoms with Gasteiger partial charge in [0.15, 0.2) is 11.4 Å². The molecule has 1 aromatic carbocycles. The van der Waals surface area contributed by atoms with Crippen LogP contribution in [0, 0.1) is 12.7 Å². The third-order valence-electron chi connectivity index (χ3n) is 7.04. The molecule has 0 radical (unpaired) electrons. The molecule has 39 heavy (non-hydrogen) atoms. The van der Waals surface area contributed by atoms with Crippen molar-refractivity contribution >= 4 is 35.1 Å². The Hall–Kier alpha value is -2.73. The summed E-state index contributed by atoms with van der Waals surface area (Å²) in [5, 5.41) is 5.54. The van der Waals surface area contributed by atoms with Crippen molar-refractivity contribution < 1.29 is 31.9 Å². The van der Waals surface area contributed by atoms with E-state index in [2.05, 4.69) is 23.8 Å². The summed E-state index contributed by atoms with van der Waals surface area (Å²) in [6.45, 7) is 6.03. The van der Waals surface area contributed by atoms with Gasteiger partial charge in [-0.3, -0.25) is 0 Å². The van der Waals surface area contributed by atoms with E-state index < -0.39 is 11.8 Å². The Balaban J connectivity index is 0.00000112. The van der Waals surface area contributed by atoms with Crippen molar-refractivity contribution in [2.45, 2.75) is 79.8 Å². The molecular formula is C26H28F4N4O3S2. The molecular weight excluding hydrogens is 556 g/mol. The predicted molar refractivity (Wildman–Crippen MR) is 140 cm³/mol. The van der Waals surface area contributed by atoms with E-state index in [1.165, 1.54) is 30.6 Å². The van der Waals surface area contributed by atoms with Crippen LogP contribution in [0.5, 0.6) is 0 Å². The number of halogens is 4. The van der Waals surface area contributed by atoms with Crippen LogP contribution in [0.1, 0.15) is 45.2 Å². The number of hydrogen-bond acceptors (Lipinski definition) is 8. The lowest BCUT2D eigenvalue weighted by Gasteiger charge is -2.46. The standard InChI is InChI=1S/C25H28F4N4OS2.CO2/c1-14(2)35-22-21(33-18-8-9-19(33)12-24(11-18,34-4)25(27,28)29)30-23(36-22)32-13-20(15(3)31-32)16-6-5-7-17(26)10-16;2-1-3/h5-7,10,13-14,18-19H,8-9,11-12H2,1-4H3;. The quantitative estimate of drug-likeness (QED) is 0.244. The average Bonchev–Trinajstić information content (AvgIpc) is 3.51. The molecule has 2 aliphatic rings. The predicted octanol–water partition coefficient (Wildman–Crippen LogP) is 6.44. The van der Waals surface area contributed by atoms with E-state index in [4.69, 9.17) is 19.3 Å². The molecule has 210 valence electrons. The fraction of sp³-hybridized carbons (Fsp3) is 0.500. The van der Waals surface area contributed by atoms with Gasteiger partial charge in [0.1, 0.15) is 10.0 Å². The molecule has 3 aromatic rings. The smallest absolute Gasteiger partial charge is 0.369 e. The molecule has 4 heterocycles. The van der Waals surface area contributed by atoms with Crippen molar-refractivity contribution in [2.75, 3.05) is 12.0 Å². The number of thioether (sulfide) groups is 1. The number of aryl methyl sites for hydroxylation is 1. The van der Waals surface area contributed by atoms with Gasteiger partial charge in [-0.2, -0.15) is 32.8 Å². The van der Waals surface area contributed by atoms with Gasteiger partial charge >= 0.3 is 12.3 Å². The largest absolute Gasteiger partial charge is 0.417 e. The monoisotopic (exact) mass is 584 g/mol. The number of hydrogen-bond donors (Lipinski definition) is 0. The summed E-state index contributed by atoms with van der Waals surface area (Å²) in [4.78, 5) is 23.3. The molecule has 2 aliphatic heterocycles. The van der Waals surface area contributed by atoms with E-state index in [0.29, 0.717) is 18.0 Å². The van der Waals surface area contributed by atoms with E-state index in [0.717, 1.165) is 26.8 Å². The van der Waals surface area contributed by atoms with Gasteiger partial charge in [0.05, 0.1) is 5.69 Å². The highest BCUT2D eigenvalue weighted by atomic mass is 32.2. The topological polar surface area (TPSA) is 77.3 Å². The maximum atomic E-state index is 14.0. The summed E-state index contributed by atoms with van der Waals surface area (Å²) in [7, 11) is 1.17. The molecule has 0 aliphatic carbocycles. The summed E-state index contributed by atoms with van der Waals surface area (Å²) in [6.07, 6.45) is -1.19. The Kier molecular flexibility index (Phi) is 8.55. The number of anilines is 1. The highest BCUT2D eigenvalue weighted by Gasteiger charge is 2.62. The number of methoxy groups -OCH3 is 1. The molecule has 0 amide bonds. The lowest BCUT2D eigenvalue weighted by atomic mass is 9.85. The number of fused-ring (bicyclic) bond motifs is 2. The first-order valence-corrected chi connectivity index (χ1v) is 14.0. The normalized spacial score (nSPS) is 22.5. The van der Waals surface area contributed by atoms with E-state index >= 15 is 0 Å². The number of nitrogens with zero attached hydrogens (tertiary/aromatic N) is 4. The number of alkyl halides is 3. The molecule has 2 fully saturated rings. The molecule has 2 aromatic heterocycles. The number of rotatable bonds is 6. The Labute approximate surface area is 231 Å². The summed E-state index contributed by atoms with van der Waals surface area (Å²) >= 11 is 3.14. The number of ether oxygens (including phenoxy) is 1. The van der Waals surface area contributed by atoms with Crippen molar-refractivity contribution in [1.82, 2.24) is 14.8 Å². The number of carbonyl (C=O) groups excluding carboxylic acids is 2. The molecule has 13 heteroatoms. The fourth-order valence-corrected chi connectivity index (χ4v) is 7.81. The molecule has 0 spiro atoms. The second-order valence-electron chi connectivity index (χ2n) is 9.84. The van der Waals surface area contributed by atoms with Gasteiger partial charge in [-0.1, -0.05) is 37.3 Å². The van der Waals surface area contributed by atoms with E-state index in [1.807, 2.05) is 19.2 Å². The highest BCUT2D eigenvalue weighted by Crippen LogP contribution is 2.53. The van der Waals surface area contributed by atoms with Gasteiger partial charge in [-0.25, -0.2) is 9.07 Å². The van der Waals surface area contributed by atoms with Crippen LogP contribution < -0.4 is 4.90 Å². The Morgan fingerprint density at radius 1 is 1.21 bits per heavy atom. The van der Waals surface area contributed by atoms with Crippen molar-refractivity contribution in [3.8, 4) is 16.3 Å². The van der Waals surface area contributed by atoms with Gasteiger partial charge in [-0.15, -0.1) is 11.8 Å². The average molecular weight is 585 g/mol. The zero-order valence-corrected chi connectivity index (χ0v) is 23.4. The molecule has 5 rings (SSSR count). The fourth-order valence-electron chi connectivity index (χ4n) is 5.40. The summed E-state index contributed by atoms with van der Waals surface area (Å²) in [5.41, 5.74) is 0.156. The van der Waals surface area contributed by atoms with E-state index in [1.54, 1.807) is 22.5 Å². The molecule has 2 saturated heterocycles. The maximum absolute atomic E-state index is 14.0. The zero-order chi connectivity index (χ0) is 28.5. The van der Waals surface area contributed by atoms with Crippen molar-refractivity contribution in [2.24, 2.45) is 0 Å². The van der Waals surface area contributed by atoms with Crippen LogP contribution in [-0.4, -0.2) is 57.1 Å². The highest BCUT2D eigenvalue weighted by molar-refractivity contribution is 8.01. The first-order chi connectivity index (χ1) is 18.4. The molecule has 2 atom stereocenters. The van der Waals surface area contributed by atoms with Crippen molar-refractivity contribution in [3.63, 3.8) is 0 Å². The van der Waals surface area contributed by atoms with Crippen molar-refractivity contribution in [1.29, 1.82) is 0 Å². The van der Waals surface area contributed by atoms with Gasteiger partial charge in [0.2, 0.25) is 5.13 Å². The maximum Gasteiger partial charge on any atom is 0.417 e. The molecule has 7 nitrogen and oxygen atoms in total. The molecule has 0 saturated carbocycles. The lowest BCUT2D eigenvalue weighted by molar-refractivity contribution is -0.279. The van der Waals surface area contributed by atoms with E-state index in [-0.39, 0.29) is 42.1 Å². The Morgan fingerprint density at radius 2 is 1.85 bits per heavy atom. The minimum Gasteiger partial charge on any atom is -0.369 e. The molecule has 2 unspecified atom stereocenters. The van der Waals surface area contributed by atoms with Crippen LogP contribution in [0.25, 0.3) is 16.3 Å². The third-order valence-corrected chi connectivity index (χ3v) is 9.28. The van der Waals surface area contributed by atoms with Gasteiger partial charge in [0.25, 0.3) is 0 Å². The number of piperidine rings is 1. The summed E-state index contributed by atoms with van der Waals surface area (Å²) in [6, 6.07) is 5.76. The van der Waals surface area contributed by atoms with Crippen LogP contribution in [0.4, 0.5) is 23.4 Å². The van der Waals surface area contributed by atoms with Crippen LogP contribution in [0.15, 0.2) is 34.7 Å². The van der Waals surface area contributed by atoms with Gasteiger partial charge < -0.3 is 9.64 Å². The first kappa shape index (κ1) is 29.3. The third kappa shape index (κ3) is 5.77. The molecule has 2 bridgehead atoms. The van der Waals surface area contributed by atoms with Crippen LogP contribution in [0.2, 0.25) is 0 Å². The van der Waals surface area contributed by atoms with Crippen molar-refractivity contribution in [3.05, 3.63) is 42.0 Å². The van der Waals surface area contributed by atoms with Crippen LogP contribution >= 0.6 is 23.1 Å². The summed E-state index contributed by atoms with van der Waals surface area (Å²) in [5.74, 6) is 0.409. The Morgan fingerprint density at radius 3 is 2.38 bits per heavy atom. The van der Waals surface area contributed by atoms with Crippen LogP contribution in [0.3, 0.4) is 0 Å². The number of thiazole rings is 1. The second kappa shape index (κ2) is 11.4. The van der Waals surface area contributed by atoms with Crippen LogP contribution in [-0.2, 0) is 14.3 Å². The van der Waals surface area contributed by atoms with E-state index in [9.17, 15) is 17.6 Å². The first-order valence-electron chi connectivity index (χ1n) is 12.3. The lowest BCUT2D eigenvalue weighted by Crippen LogP contribution is -2.59. The number of aromatic nitrogens is 3. The second-order valence-corrected chi connectivity index (χ2v) is 12.7. The Bertz CT molecular complexity index is 1340. The molecule has 0 N–H and O–H groups in total.